The SMILES string of the molecule is O=S(=O)(NC[C@@H]1CCCc2ccccc21)c1cccs1. The van der Waals surface area contributed by atoms with Gasteiger partial charge in [0.05, 0.1) is 0 Å². The van der Waals surface area contributed by atoms with Crippen LogP contribution in [0.3, 0.4) is 0 Å². The number of hydrogen-bond acceptors (Lipinski definition) is 3. The van der Waals surface area contributed by atoms with E-state index in [1.165, 1.54) is 22.5 Å². The zero-order chi connectivity index (χ0) is 14.0. The van der Waals surface area contributed by atoms with Crippen LogP contribution in [0.5, 0.6) is 0 Å². The Labute approximate surface area is 123 Å². The van der Waals surface area contributed by atoms with Crippen molar-refractivity contribution in [1.29, 1.82) is 0 Å². The van der Waals surface area contributed by atoms with E-state index >= 15 is 0 Å². The molecule has 3 nitrogen and oxygen atoms in total. The van der Waals surface area contributed by atoms with Crippen LogP contribution in [0, 0.1) is 0 Å². The maximum Gasteiger partial charge on any atom is 0.250 e. The lowest BCUT2D eigenvalue weighted by molar-refractivity contribution is 0.529. The van der Waals surface area contributed by atoms with Gasteiger partial charge in [-0.25, -0.2) is 13.1 Å². The number of nitrogens with one attached hydrogen (secondary N) is 1. The molecule has 0 fully saturated rings. The number of fused-ring (bicyclic) bond motifs is 1. The first-order chi connectivity index (χ1) is 9.67. The van der Waals surface area contributed by atoms with E-state index in [1.807, 2.05) is 6.07 Å². The van der Waals surface area contributed by atoms with E-state index in [1.54, 1.807) is 17.5 Å². The van der Waals surface area contributed by atoms with Gasteiger partial charge in [-0.1, -0.05) is 30.3 Å². The highest BCUT2D eigenvalue weighted by atomic mass is 32.2. The van der Waals surface area contributed by atoms with Gasteiger partial charge in [-0.3, -0.25) is 0 Å². The third-order valence-corrected chi connectivity index (χ3v) is 6.59. The second-order valence-corrected chi connectivity index (χ2v) is 8.01. The minimum absolute atomic E-state index is 0.287. The van der Waals surface area contributed by atoms with Crippen molar-refractivity contribution in [3.63, 3.8) is 0 Å². The fourth-order valence-corrected chi connectivity index (χ4v) is 4.88. The van der Waals surface area contributed by atoms with Gasteiger partial charge in [-0.2, -0.15) is 0 Å². The molecule has 1 aromatic heterocycles. The van der Waals surface area contributed by atoms with Crippen molar-refractivity contribution in [2.45, 2.75) is 29.4 Å². The van der Waals surface area contributed by atoms with E-state index in [0.29, 0.717) is 10.8 Å². The van der Waals surface area contributed by atoms with Gasteiger partial charge in [-0.15, -0.1) is 11.3 Å². The van der Waals surface area contributed by atoms with Crippen molar-refractivity contribution in [3.05, 3.63) is 52.9 Å². The number of aryl methyl sites for hydroxylation is 1. The summed E-state index contributed by atoms with van der Waals surface area (Å²) in [5.74, 6) is 0.287. The molecule has 1 aliphatic carbocycles. The molecule has 1 heterocycles. The smallest absolute Gasteiger partial charge is 0.210 e. The quantitative estimate of drug-likeness (QED) is 0.943. The predicted octanol–water partition coefficient (Wildman–Crippen LogP) is 3.15. The first kappa shape index (κ1) is 13.8. The zero-order valence-corrected chi connectivity index (χ0v) is 12.7. The molecule has 0 saturated carbocycles. The molecular formula is C15H17NO2S2. The van der Waals surface area contributed by atoms with Gasteiger partial charge in [-0.05, 0) is 47.8 Å². The highest BCUT2D eigenvalue weighted by Crippen LogP contribution is 2.31. The average molecular weight is 307 g/mol. The van der Waals surface area contributed by atoms with E-state index < -0.39 is 10.0 Å². The van der Waals surface area contributed by atoms with Crippen LogP contribution in [0.4, 0.5) is 0 Å². The molecular weight excluding hydrogens is 290 g/mol. The lowest BCUT2D eigenvalue weighted by Gasteiger charge is -2.25. The second-order valence-electron chi connectivity index (χ2n) is 5.07. The van der Waals surface area contributed by atoms with E-state index in [9.17, 15) is 8.42 Å². The minimum atomic E-state index is -3.35. The van der Waals surface area contributed by atoms with Crippen molar-refractivity contribution >= 4 is 21.4 Å². The molecule has 106 valence electrons. The Kier molecular flexibility index (Phi) is 3.92. The zero-order valence-electron chi connectivity index (χ0n) is 11.1. The Bertz CT molecular complexity index is 678. The molecule has 0 aliphatic heterocycles. The van der Waals surface area contributed by atoms with Gasteiger partial charge in [0.15, 0.2) is 0 Å². The average Bonchev–Trinajstić information content (AvgIpc) is 3.00. The normalized spacial score (nSPS) is 18.7. The molecule has 1 N–H and O–H groups in total. The lowest BCUT2D eigenvalue weighted by Crippen LogP contribution is -2.29. The van der Waals surface area contributed by atoms with E-state index in [0.717, 1.165) is 19.3 Å². The molecule has 1 atom stereocenters. The lowest BCUT2D eigenvalue weighted by atomic mass is 9.83. The topological polar surface area (TPSA) is 46.2 Å². The number of thiophene rings is 1. The van der Waals surface area contributed by atoms with Crippen molar-refractivity contribution in [3.8, 4) is 0 Å². The molecule has 20 heavy (non-hydrogen) atoms. The summed E-state index contributed by atoms with van der Waals surface area (Å²) >= 11 is 1.25. The standard InChI is InChI=1S/C15H17NO2S2/c17-20(18,15-9-4-10-19-15)16-11-13-7-3-6-12-5-1-2-8-14(12)13/h1-2,4-5,8-10,13,16H,3,6-7,11H2/t13-/m0/s1. The van der Waals surface area contributed by atoms with Crippen LogP contribution in [-0.2, 0) is 16.4 Å². The molecule has 0 unspecified atom stereocenters. The monoisotopic (exact) mass is 307 g/mol. The van der Waals surface area contributed by atoms with Gasteiger partial charge in [0.2, 0.25) is 10.0 Å². The molecule has 0 bridgehead atoms. The van der Waals surface area contributed by atoms with E-state index in [-0.39, 0.29) is 5.92 Å². The van der Waals surface area contributed by atoms with Gasteiger partial charge < -0.3 is 0 Å². The van der Waals surface area contributed by atoms with Crippen LogP contribution >= 0.6 is 11.3 Å². The Hall–Kier alpha value is -1.17. The van der Waals surface area contributed by atoms with Crippen LogP contribution in [0.2, 0.25) is 0 Å². The summed E-state index contributed by atoms with van der Waals surface area (Å²) < 4.78 is 27.4. The summed E-state index contributed by atoms with van der Waals surface area (Å²) in [7, 11) is -3.35. The Morgan fingerprint density at radius 3 is 2.85 bits per heavy atom. The highest BCUT2D eigenvalue weighted by molar-refractivity contribution is 7.91. The first-order valence-corrected chi connectivity index (χ1v) is 9.14. The van der Waals surface area contributed by atoms with Crippen molar-refractivity contribution in [1.82, 2.24) is 4.72 Å². The predicted molar refractivity (Wildman–Crippen MR) is 81.6 cm³/mol. The Balaban J connectivity index is 1.74. The molecule has 1 aliphatic rings. The van der Waals surface area contributed by atoms with Gasteiger partial charge >= 0.3 is 0 Å². The molecule has 3 rings (SSSR count). The maximum atomic E-state index is 12.1. The fraction of sp³-hybridized carbons (Fsp3) is 0.333. The van der Waals surface area contributed by atoms with Crippen LogP contribution < -0.4 is 4.72 Å². The third-order valence-electron chi connectivity index (χ3n) is 3.77. The molecule has 0 radical (unpaired) electrons. The fourth-order valence-electron chi connectivity index (χ4n) is 2.76. The number of rotatable bonds is 4. The summed E-state index contributed by atoms with van der Waals surface area (Å²) in [6, 6.07) is 11.8. The molecule has 1 aromatic carbocycles. The Morgan fingerprint density at radius 1 is 1.20 bits per heavy atom. The van der Waals surface area contributed by atoms with Crippen molar-refractivity contribution < 1.29 is 8.42 Å². The summed E-state index contributed by atoms with van der Waals surface area (Å²) in [5, 5.41) is 1.78. The summed E-state index contributed by atoms with van der Waals surface area (Å²) in [4.78, 5) is 0. The molecule has 0 amide bonds. The van der Waals surface area contributed by atoms with Crippen LogP contribution in [0.15, 0.2) is 46.0 Å². The van der Waals surface area contributed by atoms with Crippen molar-refractivity contribution in [2.75, 3.05) is 6.54 Å². The van der Waals surface area contributed by atoms with Crippen LogP contribution in [0.1, 0.15) is 29.9 Å². The van der Waals surface area contributed by atoms with E-state index in [2.05, 4.69) is 22.9 Å². The summed E-state index contributed by atoms with van der Waals surface area (Å²) in [6.07, 6.45) is 3.27. The van der Waals surface area contributed by atoms with Crippen LogP contribution in [-0.4, -0.2) is 15.0 Å². The molecule has 5 heteroatoms. The molecule has 2 aromatic rings. The van der Waals surface area contributed by atoms with E-state index in [4.69, 9.17) is 0 Å². The maximum absolute atomic E-state index is 12.1. The third kappa shape index (κ3) is 2.80. The van der Waals surface area contributed by atoms with Crippen LogP contribution in [0.25, 0.3) is 0 Å². The molecule has 0 saturated heterocycles. The number of benzene rings is 1. The second kappa shape index (κ2) is 5.68. The summed E-state index contributed by atoms with van der Waals surface area (Å²) in [6.45, 7) is 0.483. The number of sulfonamides is 1. The highest BCUT2D eigenvalue weighted by Gasteiger charge is 2.22. The number of hydrogen-bond donors (Lipinski definition) is 1. The molecule has 0 spiro atoms. The van der Waals surface area contributed by atoms with Crippen molar-refractivity contribution in [2.24, 2.45) is 0 Å². The van der Waals surface area contributed by atoms with Gasteiger partial charge in [0, 0.05) is 6.54 Å². The van der Waals surface area contributed by atoms with Gasteiger partial charge in [0.25, 0.3) is 0 Å². The Morgan fingerprint density at radius 2 is 2.05 bits per heavy atom. The van der Waals surface area contributed by atoms with Gasteiger partial charge in [0.1, 0.15) is 4.21 Å². The minimum Gasteiger partial charge on any atom is -0.210 e. The first-order valence-electron chi connectivity index (χ1n) is 6.78. The summed E-state index contributed by atoms with van der Waals surface area (Å²) in [5.41, 5.74) is 2.66. The largest absolute Gasteiger partial charge is 0.250 e.